The van der Waals surface area contributed by atoms with E-state index in [9.17, 15) is 5.11 Å². The highest BCUT2D eigenvalue weighted by Crippen LogP contribution is 2.33. The molecule has 1 N–H and O–H groups in total. The Morgan fingerprint density at radius 2 is 1.52 bits per heavy atom. The number of aromatic nitrogens is 1. The van der Waals surface area contributed by atoms with Crippen LogP contribution in [-0.2, 0) is 10.8 Å². The second kappa shape index (κ2) is 8.84. The van der Waals surface area contributed by atoms with Crippen LogP contribution in [0.5, 0.6) is 5.75 Å². The first-order valence-electron chi connectivity index (χ1n) is 10.5. The van der Waals surface area contributed by atoms with Crippen LogP contribution in [0.4, 0.5) is 11.4 Å². The number of aromatic hydroxyl groups is 1. The summed E-state index contributed by atoms with van der Waals surface area (Å²) in [6.45, 7) is 12.8. The minimum absolute atomic E-state index is 0.0806. The Hall–Kier alpha value is -3.27. The number of phenols is 1. The molecule has 0 radical (unpaired) electrons. The van der Waals surface area contributed by atoms with E-state index in [0.29, 0.717) is 16.9 Å². The Labute approximate surface area is 185 Å². The van der Waals surface area contributed by atoms with Crippen molar-refractivity contribution in [1.82, 2.24) is 4.98 Å². The fourth-order valence-corrected chi connectivity index (χ4v) is 3.23. The average Bonchev–Trinajstić information content (AvgIpc) is 2.71. The van der Waals surface area contributed by atoms with Gasteiger partial charge in [0, 0.05) is 24.2 Å². The van der Waals surface area contributed by atoms with Crippen molar-refractivity contribution in [3.8, 4) is 5.75 Å². The summed E-state index contributed by atoms with van der Waals surface area (Å²) in [5.74, 6) is 0.261. The Balaban J connectivity index is 1.90. The third kappa shape index (κ3) is 5.66. The third-order valence-corrected chi connectivity index (χ3v) is 5.10. The molecule has 3 rings (SSSR count). The lowest BCUT2D eigenvalue weighted by Crippen LogP contribution is -2.11. The van der Waals surface area contributed by atoms with E-state index in [1.807, 2.05) is 36.5 Å². The first kappa shape index (κ1) is 22.4. The molecule has 0 aliphatic carbocycles. The SMILES string of the molecule is CC(C)(C)c1cccc(C=Nc2cnccc2N=Cc2cccc(C(C)(C)C)c2O)c1. The Bertz CT molecular complexity index is 1120. The van der Waals surface area contributed by atoms with Gasteiger partial charge in [-0.2, -0.15) is 0 Å². The molecule has 0 unspecified atom stereocenters. The third-order valence-electron chi connectivity index (χ3n) is 5.10. The number of phenolic OH excluding ortho intramolecular Hbond substituents is 1. The van der Waals surface area contributed by atoms with Crippen LogP contribution in [0.1, 0.15) is 63.8 Å². The van der Waals surface area contributed by atoms with E-state index in [-0.39, 0.29) is 16.6 Å². The van der Waals surface area contributed by atoms with Crippen molar-refractivity contribution in [2.45, 2.75) is 52.4 Å². The van der Waals surface area contributed by atoms with Gasteiger partial charge in [0.2, 0.25) is 0 Å². The molecule has 0 spiro atoms. The number of hydrogen-bond donors (Lipinski definition) is 1. The molecule has 0 saturated heterocycles. The smallest absolute Gasteiger partial charge is 0.128 e. The molecule has 31 heavy (non-hydrogen) atoms. The number of hydrogen-bond acceptors (Lipinski definition) is 4. The van der Waals surface area contributed by atoms with Gasteiger partial charge < -0.3 is 5.11 Å². The van der Waals surface area contributed by atoms with Crippen molar-refractivity contribution in [3.63, 3.8) is 0 Å². The summed E-state index contributed by atoms with van der Waals surface area (Å²) >= 11 is 0. The van der Waals surface area contributed by atoms with E-state index in [4.69, 9.17) is 0 Å². The van der Waals surface area contributed by atoms with Crippen LogP contribution < -0.4 is 0 Å². The first-order chi connectivity index (χ1) is 14.6. The number of benzene rings is 2. The van der Waals surface area contributed by atoms with Crippen molar-refractivity contribution >= 4 is 23.8 Å². The Kier molecular flexibility index (Phi) is 6.40. The zero-order valence-corrected chi connectivity index (χ0v) is 19.2. The Morgan fingerprint density at radius 1 is 0.806 bits per heavy atom. The van der Waals surface area contributed by atoms with Crippen LogP contribution in [0.2, 0.25) is 0 Å². The number of pyridine rings is 1. The largest absolute Gasteiger partial charge is 0.507 e. The molecule has 1 heterocycles. The van der Waals surface area contributed by atoms with Gasteiger partial charge in [-0.15, -0.1) is 0 Å². The lowest BCUT2D eigenvalue weighted by Gasteiger charge is -2.21. The lowest BCUT2D eigenvalue weighted by atomic mass is 9.85. The molecule has 2 aromatic carbocycles. The first-order valence-corrected chi connectivity index (χ1v) is 10.5. The molecule has 160 valence electrons. The molecule has 0 aliphatic rings. The summed E-state index contributed by atoms with van der Waals surface area (Å²) in [6, 6.07) is 15.9. The van der Waals surface area contributed by atoms with Crippen LogP contribution in [0.25, 0.3) is 0 Å². The zero-order chi connectivity index (χ0) is 22.6. The van der Waals surface area contributed by atoms with Crippen LogP contribution in [0.15, 0.2) is 70.9 Å². The highest BCUT2D eigenvalue weighted by molar-refractivity contribution is 5.88. The molecule has 0 fully saturated rings. The van der Waals surface area contributed by atoms with Gasteiger partial charge in [0.05, 0.1) is 11.9 Å². The molecule has 0 saturated carbocycles. The molecule has 4 heteroatoms. The number of rotatable bonds is 4. The molecule has 0 aliphatic heterocycles. The van der Waals surface area contributed by atoms with Crippen molar-refractivity contribution in [2.24, 2.45) is 9.98 Å². The fraction of sp³-hybridized carbons (Fsp3) is 0.296. The normalized spacial score (nSPS) is 12.7. The van der Waals surface area contributed by atoms with Crippen LogP contribution in [0.3, 0.4) is 0 Å². The summed E-state index contributed by atoms with van der Waals surface area (Å²) in [7, 11) is 0. The van der Waals surface area contributed by atoms with E-state index in [1.54, 1.807) is 18.6 Å². The minimum atomic E-state index is -0.151. The summed E-state index contributed by atoms with van der Waals surface area (Å²) in [4.78, 5) is 13.4. The van der Waals surface area contributed by atoms with E-state index < -0.39 is 0 Å². The predicted octanol–water partition coefficient (Wildman–Crippen LogP) is 6.88. The van der Waals surface area contributed by atoms with Crippen molar-refractivity contribution < 1.29 is 5.11 Å². The second-order valence-corrected chi connectivity index (χ2v) is 9.75. The summed E-state index contributed by atoms with van der Waals surface area (Å²) in [5.41, 5.74) is 5.15. The van der Waals surface area contributed by atoms with Crippen molar-refractivity contribution in [2.75, 3.05) is 0 Å². The number of para-hydroxylation sites is 1. The maximum absolute atomic E-state index is 10.7. The van der Waals surface area contributed by atoms with Crippen LogP contribution in [-0.4, -0.2) is 22.5 Å². The van der Waals surface area contributed by atoms with Crippen molar-refractivity contribution in [1.29, 1.82) is 0 Å². The highest BCUT2D eigenvalue weighted by Gasteiger charge is 2.19. The van der Waals surface area contributed by atoms with Gasteiger partial charge >= 0.3 is 0 Å². The molecular formula is C27H31N3O. The van der Waals surface area contributed by atoms with Gasteiger partial charge in [0.1, 0.15) is 11.4 Å². The maximum Gasteiger partial charge on any atom is 0.128 e. The van der Waals surface area contributed by atoms with Gasteiger partial charge in [-0.05, 0) is 45.7 Å². The highest BCUT2D eigenvalue weighted by atomic mass is 16.3. The number of aliphatic imine (C=N–C) groups is 2. The molecular weight excluding hydrogens is 382 g/mol. The zero-order valence-electron chi connectivity index (χ0n) is 19.2. The summed E-state index contributed by atoms with van der Waals surface area (Å²) in [5, 5.41) is 10.7. The lowest BCUT2D eigenvalue weighted by molar-refractivity contribution is 0.446. The van der Waals surface area contributed by atoms with E-state index in [2.05, 4.69) is 74.7 Å². The summed E-state index contributed by atoms with van der Waals surface area (Å²) < 4.78 is 0. The second-order valence-electron chi connectivity index (χ2n) is 9.75. The minimum Gasteiger partial charge on any atom is -0.507 e. The van der Waals surface area contributed by atoms with Gasteiger partial charge in [-0.25, -0.2) is 0 Å². The Morgan fingerprint density at radius 3 is 2.23 bits per heavy atom. The molecule has 3 aromatic rings. The molecule has 0 atom stereocenters. The monoisotopic (exact) mass is 413 g/mol. The van der Waals surface area contributed by atoms with E-state index in [1.165, 1.54) is 5.56 Å². The number of nitrogens with zero attached hydrogens (tertiary/aromatic N) is 3. The summed E-state index contributed by atoms with van der Waals surface area (Å²) in [6.07, 6.45) is 6.90. The quantitative estimate of drug-likeness (QED) is 0.474. The van der Waals surface area contributed by atoms with Crippen LogP contribution in [0, 0.1) is 0 Å². The predicted molar refractivity (Wildman–Crippen MR) is 131 cm³/mol. The fourth-order valence-electron chi connectivity index (χ4n) is 3.23. The van der Waals surface area contributed by atoms with Crippen LogP contribution >= 0.6 is 0 Å². The average molecular weight is 414 g/mol. The maximum atomic E-state index is 10.7. The van der Waals surface area contributed by atoms with Gasteiger partial charge in [-0.1, -0.05) is 71.9 Å². The van der Waals surface area contributed by atoms with Gasteiger partial charge in [-0.3, -0.25) is 15.0 Å². The van der Waals surface area contributed by atoms with Gasteiger partial charge in [0.15, 0.2) is 0 Å². The molecule has 0 bridgehead atoms. The topological polar surface area (TPSA) is 57.8 Å². The molecule has 4 nitrogen and oxygen atoms in total. The standard InChI is InChI=1S/C27H31N3O/c1-26(2,3)21-11-7-9-19(15-21)16-29-24-18-28-14-13-23(24)30-17-20-10-8-12-22(25(20)31)27(4,5)6/h7-18,31H,1-6H3. The van der Waals surface area contributed by atoms with Gasteiger partial charge in [0.25, 0.3) is 0 Å². The molecule has 0 amide bonds. The van der Waals surface area contributed by atoms with E-state index >= 15 is 0 Å². The van der Waals surface area contributed by atoms with E-state index in [0.717, 1.165) is 11.1 Å². The van der Waals surface area contributed by atoms with Crippen molar-refractivity contribution in [3.05, 3.63) is 83.2 Å². The molecule has 1 aromatic heterocycles.